The van der Waals surface area contributed by atoms with E-state index in [2.05, 4.69) is 144 Å². The molecule has 0 amide bonds. The van der Waals surface area contributed by atoms with Crippen molar-refractivity contribution in [3.8, 4) is 85.3 Å². The lowest BCUT2D eigenvalue weighted by atomic mass is 10.0. The average Bonchev–Trinajstić information content (AvgIpc) is 1.69. The van der Waals surface area contributed by atoms with Gasteiger partial charge in [-0.1, -0.05) is 68.4 Å². The van der Waals surface area contributed by atoms with Crippen LogP contribution in [0.4, 0.5) is 0 Å². The lowest BCUT2D eigenvalue weighted by molar-refractivity contribution is 0.171. The Balaban J connectivity index is 0.000000133. The Labute approximate surface area is 542 Å². The van der Waals surface area contributed by atoms with E-state index >= 15 is 0 Å². The Hall–Kier alpha value is -8.49. The van der Waals surface area contributed by atoms with Crippen molar-refractivity contribution in [3.63, 3.8) is 0 Å². The molecule has 482 valence electrons. The van der Waals surface area contributed by atoms with Crippen molar-refractivity contribution in [2.75, 3.05) is 106 Å². The Kier molecular flexibility index (Phi) is 21.9. The molecule has 0 unspecified atom stereocenters. The minimum atomic E-state index is 0.552. The van der Waals surface area contributed by atoms with Gasteiger partial charge in [-0.3, -0.25) is 0 Å². The summed E-state index contributed by atoms with van der Waals surface area (Å²) in [6.07, 6.45) is 13.5. The maximum Gasteiger partial charge on any atom is 0.162 e. The third kappa shape index (κ3) is 16.6. The highest BCUT2D eigenvalue weighted by atomic mass is 16.6. The number of benzene rings is 6. The molecular formula is C74H90N12O6. The summed E-state index contributed by atoms with van der Waals surface area (Å²) in [5.74, 6) is 4.79. The zero-order chi connectivity index (χ0) is 62.9. The molecule has 5 aliphatic rings. The van der Waals surface area contributed by atoms with Crippen LogP contribution in [0.2, 0.25) is 0 Å². The summed E-state index contributed by atoms with van der Waals surface area (Å²) in [7, 11) is 4.20. The first-order chi connectivity index (χ1) is 45.3. The number of hydrogen-bond acceptors (Lipinski definition) is 15. The van der Waals surface area contributed by atoms with E-state index < -0.39 is 0 Å². The molecule has 18 nitrogen and oxygen atoms in total. The van der Waals surface area contributed by atoms with Crippen molar-refractivity contribution in [1.29, 1.82) is 0 Å². The monoisotopic (exact) mass is 1240 g/mol. The van der Waals surface area contributed by atoms with Crippen LogP contribution in [-0.4, -0.2) is 162 Å². The number of aromatic nitrogens is 6. The van der Waals surface area contributed by atoms with Gasteiger partial charge < -0.3 is 59.1 Å². The number of hydrogen-bond donors (Lipinski definition) is 3. The summed E-state index contributed by atoms with van der Waals surface area (Å²) in [5.41, 5.74) is 12.8. The number of fused-ring (bicyclic) bond motifs is 3. The fraction of sp³-hybridized carbons (Fsp3) is 0.392. The second kappa shape index (κ2) is 31.7. The maximum absolute atomic E-state index is 5.82. The average molecular weight is 1240 g/mol. The summed E-state index contributed by atoms with van der Waals surface area (Å²) in [5, 5.41) is 26.0. The number of nitrogens with zero attached hydrogens (tertiary/aromatic N) is 9. The lowest BCUT2D eigenvalue weighted by Gasteiger charge is -2.32. The van der Waals surface area contributed by atoms with Gasteiger partial charge in [0.05, 0.1) is 34.1 Å². The standard InChI is InChI=1S/C26H32N4O2.C25H30N4O2.C23H28N4O2/c1-2-12-29-13-10-22(11-14-29)27-18-21-19-30(23-6-4-3-5-7-23)28-26(21)20-8-9-24-25(17-20)32-16-15-31-24;1-2-28-12-10-21(11-13-28)26-17-20-18-29(22-6-4-3-5-7-22)27-25(20)19-8-9-23-24(16-19)31-15-14-30-23;1-26(2)12-6-11-24-16-19-17-27(20-7-4-3-5-8-20)25-23(19)18-9-10-21-22(15-18)29-14-13-28-21/h3-9,17,19,22,27H,2,10-16,18H2,1H3;3-9,16,18,21,26H,2,10-15,17H2,1H3;3-5,7-10,15,17,24H,6,11-14,16H2,1-2H3. The third-order valence-electron chi connectivity index (χ3n) is 17.5. The fourth-order valence-corrected chi connectivity index (χ4v) is 12.4. The Morgan fingerprint density at radius 2 is 0.793 bits per heavy atom. The predicted octanol–water partition coefficient (Wildman–Crippen LogP) is 11.5. The topological polar surface area (TPSA) is 155 Å². The lowest BCUT2D eigenvalue weighted by Crippen LogP contribution is -2.42. The van der Waals surface area contributed by atoms with Crippen LogP contribution in [0.3, 0.4) is 0 Å². The van der Waals surface area contributed by atoms with E-state index in [1.54, 1.807) is 0 Å². The van der Waals surface area contributed by atoms with E-state index in [1.165, 1.54) is 76.0 Å². The molecule has 8 heterocycles. The van der Waals surface area contributed by atoms with E-state index in [1.807, 2.05) is 92.9 Å². The molecule has 18 heteroatoms. The highest BCUT2D eigenvalue weighted by Gasteiger charge is 2.24. The van der Waals surface area contributed by atoms with Crippen molar-refractivity contribution in [3.05, 3.63) is 181 Å². The molecule has 9 aromatic rings. The zero-order valence-corrected chi connectivity index (χ0v) is 54.0. The van der Waals surface area contributed by atoms with Crippen LogP contribution in [0.5, 0.6) is 34.5 Å². The zero-order valence-electron chi connectivity index (χ0n) is 54.0. The number of rotatable bonds is 21. The smallest absolute Gasteiger partial charge is 0.162 e. The van der Waals surface area contributed by atoms with Crippen LogP contribution in [-0.2, 0) is 19.6 Å². The van der Waals surface area contributed by atoms with E-state index in [0.717, 1.165) is 137 Å². The molecule has 0 spiro atoms. The van der Waals surface area contributed by atoms with Crippen LogP contribution in [0, 0.1) is 0 Å². The number of likely N-dealkylation sites (tertiary alicyclic amines) is 2. The summed E-state index contributed by atoms with van der Waals surface area (Å²) >= 11 is 0. The van der Waals surface area contributed by atoms with Crippen LogP contribution in [0.1, 0.15) is 69.1 Å². The molecule has 2 fully saturated rings. The van der Waals surface area contributed by atoms with Gasteiger partial charge in [-0.2, -0.15) is 15.3 Å². The minimum absolute atomic E-state index is 0.552. The van der Waals surface area contributed by atoms with Crippen molar-refractivity contribution < 1.29 is 28.4 Å². The summed E-state index contributed by atoms with van der Waals surface area (Å²) < 4.78 is 40.4. The Bertz CT molecular complexity index is 3750. The van der Waals surface area contributed by atoms with Gasteiger partial charge in [-0.25, -0.2) is 14.0 Å². The molecule has 0 aliphatic carbocycles. The van der Waals surface area contributed by atoms with Gasteiger partial charge in [0, 0.05) is 83.7 Å². The predicted molar refractivity (Wildman–Crippen MR) is 363 cm³/mol. The molecule has 5 aliphatic heterocycles. The third-order valence-corrected chi connectivity index (χ3v) is 17.5. The Morgan fingerprint density at radius 1 is 0.435 bits per heavy atom. The van der Waals surface area contributed by atoms with Crippen molar-refractivity contribution >= 4 is 0 Å². The minimum Gasteiger partial charge on any atom is -0.486 e. The molecule has 0 radical (unpaired) electrons. The second-order valence-electron chi connectivity index (χ2n) is 24.3. The fourth-order valence-electron chi connectivity index (χ4n) is 12.4. The van der Waals surface area contributed by atoms with E-state index in [-0.39, 0.29) is 0 Å². The van der Waals surface area contributed by atoms with Gasteiger partial charge in [0.15, 0.2) is 34.5 Å². The van der Waals surface area contributed by atoms with E-state index in [0.29, 0.717) is 51.7 Å². The van der Waals surface area contributed by atoms with Gasteiger partial charge in [-0.05, 0) is 196 Å². The van der Waals surface area contributed by atoms with Crippen LogP contribution < -0.4 is 44.4 Å². The molecule has 92 heavy (non-hydrogen) atoms. The van der Waals surface area contributed by atoms with E-state index in [4.69, 9.17) is 43.7 Å². The first kappa shape index (κ1) is 63.6. The molecule has 0 bridgehead atoms. The van der Waals surface area contributed by atoms with Crippen molar-refractivity contribution in [1.82, 2.24) is 60.0 Å². The molecule has 3 N–H and O–H groups in total. The molecule has 2 saturated heterocycles. The van der Waals surface area contributed by atoms with Gasteiger partial charge in [-0.15, -0.1) is 0 Å². The van der Waals surface area contributed by atoms with Crippen LogP contribution >= 0.6 is 0 Å². The van der Waals surface area contributed by atoms with Gasteiger partial charge in [0.1, 0.15) is 39.6 Å². The largest absolute Gasteiger partial charge is 0.486 e. The van der Waals surface area contributed by atoms with Crippen molar-refractivity contribution in [2.24, 2.45) is 0 Å². The number of nitrogens with one attached hydrogen (secondary N) is 3. The van der Waals surface area contributed by atoms with Crippen LogP contribution in [0.25, 0.3) is 50.8 Å². The van der Waals surface area contributed by atoms with Crippen molar-refractivity contribution in [2.45, 2.75) is 84.1 Å². The number of piperidine rings is 2. The quantitative estimate of drug-likeness (QED) is 0.0584. The van der Waals surface area contributed by atoms with Gasteiger partial charge in [0.25, 0.3) is 0 Å². The maximum atomic E-state index is 5.82. The summed E-state index contributed by atoms with van der Waals surface area (Å²) in [4.78, 5) is 7.30. The number of ether oxygens (including phenoxy) is 6. The van der Waals surface area contributed by atoms with Gasteiger partial charge >= 0.3 is 0 Å². The van der Waals surface area contributed by atoms with E-state index in [9.17, 15) is 0 Å². The highest BCUT2D eigenvalue weighted by Crippen LogP contribution is 2.39. The molecule has 6 aromatic carbocycles. The first-order valence-corrected chi connectivity index (χ1v) is 33.2. The number of para-hydroxylation sites is 3. The van der Waals surface area contributed by atoms with Gasteiger partial charge in [0.2, 0.25) is 0 Å². The molecule has 3 aromatic heterocycles. The molecule has 14 rings (SSSR count). The molecular weight excluding hydrogens is 1150 g/mol. The molecule has 0 atom stereocenters. The highest BCUT2D eigenvalue weighted by molar-refractivity contribution is 5.70. The first-order valence-electron chi connectivity index (χ1n) is 33.2. The summed E-state index contributed by atoms with van der Waals surface area (Å²) in [6, 6.07) is 50.2. The second-order valence-corrected chi connectivity index (χ2v) is 24.3. The van der Waals surface area contributed by atoms with Crippen LogP contribution in [0.15, 0.2) is 164 Å². The summed E-state index contributed by atoms with van der Waals surface area (Å²) in [6.45, 7) is 19.5. The Morgan fingerprint density at radius 3 is 1.15 bits per heavy atom. The SMILES string of the molecule is CCCN1CCC(NCc2cn(-c3ccccc3)nc2-c2ccc3c(c2)OCCO3)CC1.CCN1CCC(NCc2cn(-c3ccccc3)nc2-c2ccc3c(c2)OCCO3)CC1.CN(C)CCCNCc1cn(-c2ccccc2)nc1-c1ccc2c(c1)OCCO2. The molecule has 0 saturated carbocycles. The normalized spacial score (nSPS) is 15.8.